The maximum absolute atomic E-state index is 5.97. The second kappa shape index (κ2) is 6.50. The summed E-state index contributed by atoms with van der Waals surface area (Å²) in [5, 5.41) is 7.37. The van der Waals surface area contributed by atoms with Gasteiger partial charge in [0.1, 0.15) is 28.6 Å². The predicted molar refractivity (Wildman–Crippen MR) is 92.3 cm³/mol. The molecule has 0 aliphatic carbocycles. The molecular weight excluding hydrogens is 308 g/mol. The minimum absolute atomic E-state index is 0.459. The largest absolute Gasteiger partial charge is 0.491 e. The van der Waals surface area contributed by atoms with E-state index < -0.39 is 0 Å². The van der Waals surface area contributed by atoms with E-state index in [9.17, 15) is 0 Å². The van der Waals surface area contributed by atoms with Crippen molar-refractivity contribution in [2.24, 2.45) is 5.92 Å². The van der Waals surface area contributed by atoms with E-state index in [-0.39, 0.29) is 0 Å². The van der Waals surface area contributed by atoms with Crippen molar-refractivity contribution in [2.75, 3.05) is 6.61 Å². The number of thiazole rings is 1. The molecule has 0 radical (unpaired) electrons. The molecule has 0 saturated heterocycles. The number of benzene rings is 1. The second-order valence-electron chi connectivity index (χ2n) is 5.90. The third kappa shape index (κ3) is 3.42. The highest BCUT2D eigenvalue weighted by Crippen LogP contribution is 2.31. The lowest BCUT2D eigenvalue weighted by atomic mass is 10.2. The minimum Gasteiger partial charge on any atom is -0.491 e. The molecule has 0 aliphatic heterocycles. The third-order valence-electron chi connectivity index (χ3n) is 3.34. The molecule has 2 heterocycles. The molecule has 0 amide bonds. The van der Waals surface area contributed by atoms with E-state index in [0.29, 0.717) is 12.5 Å². The zero-order valence-electron chi connectivity index (χ0n) is 13.8. The van der Waals surface area contributed by atoms with E-state index in [1.165, 1.54) is 0 Å². The monoisotopic (exact) mass is 328 g/mol. The van der Waals surface area contributed by atoms with Crippen LogP contribution in [-0.2, 0) is 0 Å². The van der Waals surface area contributed by atoms with Crippen molar-refractivity contribution in [3.8, 4) is 22.0 Å². The number of hydrogen-bond donors (Lipinski definition) is 0. The third-order valence-corrected chi connectivity index (χ3v) is 4.35. The summed E-state index contributed by atoms with van der Waals surface area (Å²) in [6.07, 6.45) is 1.56. The van der Waals surface area contributed by atoms with Crippen molar-refractivity contribution in [1.29, 1.82) is 0 Å². The van der Waals surface area contributed by atoms with Gasteiger partial charge in [-0.25, -0.2) is 14.6 Å². The van der Waals surface area contributed by atoms with Gasteiger partial charge in [0.25, 0.3) is 0 Å². The summed E-state index contributed by atoms with van der Waals surface area (Å²) in [7, 11) is 0. The highest BCUT2D eigenvalue weighted by atomic mass is 32.1. The Labute approximate surface area is 140 Å². The molecule has 0 bridgehead atoms. The van der Waals surface area contributed by atoms with Gasteiger partial charge >= 0.3 is 0 Å². The second-order valence-corrected chi connectivity index (χ2v) is 6.76. The van der Waals surface area contributed by atoms with Crippen LogP contribution in [0.3, 0.4) is 0 Å². The molecule has 0 unspecified atom stereocenters. The number of aromatic nitrogens is 4. The Morgan fingerprint density at radius 3 is 2.70 bits per heavy atom. The van der Waals surface area contributed by atoms with Gasteiger partial charge in [-0.1, -0.05) is 13.8 Å². The van der Waals surface area contributed by atoms with Crippen LogP contribution in [0.2, 0.25) is 0 Å². The lowest BCUT2D eigenvalue weighted by molar-refractivity contribution is 0.270. The number of rotatable bonds is 5. The van der Waals surface area contributed by atoms with Crippen LogP contribution in [0.5, 0.6) is 5.75 Å². The van der Waals surface area contributed by atoms with Gasteiger partial charge in [-0.15, -0.1) is 11.3 Å². The molecular formula is C17H20N4OS. The van der Waals surface area contributed by atoms with Crippen LogP contribution in [0.15, 0.2) is 29.9 Å². The summed E-state index contributed by atoms with van der Waals surface area (Å²) < 4.78 is 7.77. The standard InChI is InChI=1S/C17H20N4OS/c1-11(2)8-22-16-6-5-14(17-20-12(3)9-23-17)7-15(16)21-13(4)18-10-19-21/h5-7,9-11H,8H2,1-4H3. The fraction of sp³-hybridized carbons (Fsp3) is 0.353. The first kappa shape index (κ1) is 15.7. The van der Waals surface area contributed by atoms with E-state index in [2.05, 4.69) is 40.4 Å². The van der Waals surface area contributed by atoms with Crippen molar-refractivity contribution in [3.63, 3.8) is 0 Å². The highest BCUT2D eigenvalue weighted by molar-refractivity contribution is 7.13. The Kier molecular flexibility index (Phi) is 4.43. The summed E-state index contributed by atoms with van der Waals surface area (Å²) in [4.78, 5) is 8.78. The number of nitrogens with zero attached hydrogens (tertiary/aromatic N) is 4. The van der Waals surface area contributed by atoms with E-state index in [0.717, 1.165) is 33.5 Å². The van der Waals surface area contributed by atoms with E-state index >= 15 is 0 Å². The SMILES string of the molecule is Cc1csc(-c2ccc(OCC(C)C)c(-n3ncnc3C)c2)n1. The predicted octanol–water partition coefficient (Wildman–Crippen LogP) is 4.04. The first-order chi connectivity index (χ1) is 11.0. The summed E-state index contributed by atoms with van der Waals surface area (Å²) in [6.45, 7) is 8.86. The molecule has 3 aromatic rings. The van der Waals surface area contributed by atoms with Gasteiger partial charge in [0.15, 0.2) is 0 Å². The molecule has 0 aliphatic rings. The molecule has 23 heavy (non-hydrogen) atoms. The van der Waals surface area contributed by atoms with Crippen molar-refractivity contribution < 1.29 is 4.74 Å². The fourth-order valence-corrected chi connectivity index (χ4v) is 3.01. The Bertz CT molecular complexity index is 807. The Balaban J connectivity index is 2.05. The maximum atomic E-state index is 5.97. The smallest absolute Gasteiger partial charge is 0.145 e. The molecule has 0 saturated carbocycles. The first-order valence-corrected chi connectivity index (χ1v) is 8.49. The van der Waals surface area contributed by atoms with Crippen LogP contribution >= 0.6 is 11.3 Å². The fourth-order valence-electron chi connectivity index (χ4n) is 2.22. The molecule has 3 rings (SSSR count). The van der Waals surface area contributed by atoms with Crippen LogP contribution in [0.25, 0.3) is 16.3 Å². The summed E-state index contributed by atoms with van der Waals surface area (Å²) in [5.41, 5.74) is 2.99. The molecule has 0 fully saturated rings. The van der Waals surface area contributed by atoms with Crippen molar-refractivity contribution in [1.82, 2.24) is 19.7 Å². The summed E-state index contributed by atoms with van der Waals surface area (Å²) in [5.74, 6) is 2.09. The van der Waals surface area contributed by atoms with Crippen LogP contribution in [0, 0.1) is 19.8 Å². The van der Waals surface area contributed by atoms with Crippen molar-refractivity contribution >= 4 is 11.3 Å². The Morgan fingerprint density at radius 2 is 2.09 bits per heavy atom. The van der Waals surface area contributed by atoms with E-state index in [1.807, 2.05) is 26.0 Å². The lowest BCUT2D eigenvalue weighted by Gasteiger charge is -2.14. The van der Waals surface area contributed by atoms with Crippen LogP contribution in [-0.4, -0.2) is 26.4 Å². The lowest BCUT2D eigenvalue weighted by Crippen LogP contribution is -2.08. The topological polar surface area (TPSA) is 52.8 Å². The first-order valence-electron chi connectivity index (χ1n) is 7.61. The van der Waals surface area contributed by atoms with Crippen LogP contribution in [0.4, 0.5) is 0 Å². The minimum atomic E-state index is 0.459. The molecule has 5 nitrogen and oxygen atoms in total. The normalized spacial score (nSPS) is 11.2. The van der Waals surface area contributed by atoms with Gasteiger partial charge in [-0.05, 0) is 38.0 Å². The summed E-state index contributed by atoms with van der Waals surface area (Å²) in [6, 6.07) is 6.10. The number of ether oxygens (including phenoxy) is 1. The number of hydrogen-bond acceptors (Lipinski definition) is 5. The van der Waals surface area contributed by atoms with E-state index in [4.69, 9.17) is 4.74 Å². The highest BCUT2D eigenvalue weighted by Gasteiger charge is 2.13. The molecule has 0 spiro atoms. The van der Waals surface area contributed by atoms with Gasteiger partial charge in [0.2, 0.25) is 0 Å². The van der Waals surface area contributed by atoms with Gasteiger partial charge in [0, 0.05) is 16.6 Å². The van der Waals surface area contributed by atoms with Gasteiger partial charge in [-0.2, -0.15) is 5.10 Å². The van der Waals surface area contributed by atoms with Crippen molar-refractivity contribution in [2.45, 2.75) is 27.7 Å². The van der Waals surface area contributed by atoms with Crippen molar-refractivity contribution in [3.05, 3.63) is 41.4 Å². The quantitative estimate of drug-likeness (QED) is 0.709. The molecule has 2 aromatic heterocycles. The zero-order chi connectivity index (χ0) is 16.4. The van der Waals surface area contributed by atoms with E-state index in [1.54, 1.807) is 22.3 Å². The molecule has 120 valence electrons. The zero-order valence-corrected chi connectivity index (χ0v) is 14.6. The average Bonchev–Trinajstić information content (AvgIpc) is 3.13. The van der Waals surface area contributed by atoms with Gasteiger partial charge < -0.3 is 4.74 Å². The summed E-state index contributed by atoms with van der Waals surface area (Å²) >= 11 is 1.64. The van der Waals surface area contributed by atoms with Gasteiger partial charge in [-0.3, -0.25) is 0 Å². The average molecular weight is 328 g/mol. The molecule has 0 N–H and O–H groups in total. The van der Waals surface area contributed by atoms with Crippen LogP contribution < -0.4 is 4.74 Å². The number of aryl methyl sites for hydroxylation is 2. The van der Waals surface area contributed by atoms with Crippen LogP contribution in [0.1, 0.15) is 25.4 Å². The molecule has 0 atom stereocenters. The van der Waals surface area contributed by atoms with Gasteiger partial charge in [0.05, 0.1) is 6.61 Å². The molecule has 6 heteroatoms. The Hall–Kier alpha value is -2.21. The maximum Gasteiger partial charge on any atom is 0.145 e. The Morgan fingerprint density at radius 1 is 1.26 bits per heavy atom. The molecule has 1 aromatic carbocycles.